The van der Waals surface area contributed by atoms with E-state index in [9.17, 15) is 13.2 Å². The summed E-state index contributed by atoms with van der Waals surface area (Å²) in [4.78, 5) is 11.2. The minimum absolute atomic E-state index is 0.300. The van der Waals surface area contributed by atoms with Crippen LogP contribution in [0.5, 0.6) is 5.75 Å². The van der Waals surface area contributed by atoms with Crippen molar-refractivity contribution >= 4 is 17.5 Å². The van der Waals surface area contributed by atoms with Crippen molar-refractivity contribution in [2.24, 2.45) is 0 Å². The van der Waals surface area contributed by atoms with Gasteiger partial charge < -0.3 is 20.3 Å². The highest BCUT2D eigenvalue weighted by Crippen LogP contribution is 2.30. The minimum atomic E-state index is -4.77. The number of hydrogen-bond donors (Lipinski definition) is 2. The second kappa shape index (κ2) is 11.2. The van der Waals surface area contributed by atoms with Gasteiger partial charge in [-0.3, -0.25) is 0 Å². The van der Waals surface area contributed by atoms with Crippen LogP contribution in [-0.4, -0.2) is 48.4 Å². The molecule has 0 radical (unpaired) electrons. The van der Waals surface area contributed by atoms with E-state index in [2.05, 4.69) is 43.2 Å². The number of anilines is 3. The molecular weight excluding hydrogens is 443 g/mol. The molecule has 0 spiro atoms. The smallest absolute Gasteiger partial charge is 0.406 e. The molecule has 182 valence electrons. The Balaban J connectivity index is 1.96. The first-order valence-electron chi connectivity index (χ1n) is 11.1. The maximum Gasteiger partial charge on any atom is 0.573 e. The van der Waals surface area contributed by atoms with Crippen LogP contribution in [0.3, 0.4) is 0 Å². The normalized spacial score (nSPS) is 11.5. The summed E-state index contributed by atoms with van der Waals surface area (Å²) in [6, 6.07) is 13.6. The lowest BCUT2D eigenvalue weighted by Crippen LogP contribution is -2.17. The zero-order valence-electron chi connectivity index (χ0n) is 19.8. The van der Waals surface area contributed by atoms with Crippen molar-refractivity contribution in [3.05, 3.63) is 59.7 Å². The predicted octanol–water partition coefficient (Wildman–Crippen LogP) is 6.02. The van der Waals surface area contributed by atoms with Crippen molar-refractivity contribution < 1.29 is 17.9 Å². The fourth-order valence-corrected chi connectivity index (χ4v) is 3.52. The number of aromatic nitrogens is 2. The molecule has 3 aromatic rings. The largest absolute Gasteiger partial charge is 0.573 e. The van der Waals surface area contributed by atoms with Crippen LogP contribution in [0, 0.1) is 6.92 Å². The number of benzene rings is 2. The molecule has 0 fully saturated rings. The van der Waals surface area contributed by atoms with Gasteiger partial charge in [-0.25, -0.2) is 4.98 Å². The van der Waals surface area contributed by atoms with Crippen LogP contribution < -0.4 is 15.4 Å². The lowest BCUT2D eigenvalue weighted by atomic mass is 10.1. The highest BCUT2D eigenvalue weighted by atomic mass is 19.4. The SMILES string of the molecule is CCc1cccc(C)c1Nc1cc(-c2cccc(OC(F)(F)F)c2)nc(NCCCN(C)C)n1. The summed E-state index contributed by atoms with van der Waals surface area (Å²) in [6.07, 6.45) is -3.04. The summed E-state index contributed by atoms with van der Waals surface area (Å²) in [6.45, 7) is 5.65. The second-order valence-electron chi connectivity index (χ2n) is 8.21. The summed E-state index contributed by atoms with van der Waals surface area (Å²) >= 11 is 0. The van der Waals surface area contributed by atoms with Crippen LogP contribution in [0.2, 0.25) is 0 Å². The van der Waals surface area contributed by atoms with E-state index in [0.29, 0.717) is 29.6 Å². The Labute approximate surface area is 198 Å². The highest BCUT2D eigenvalue weighted by Gasteiger charge is 2.31. The summed E-state index contributed by atoms with van der Waals surface area (Å²) < 4.78 is 42.2. The molecule has 0 aliphatic heterocycles. The standard InChI is InChI=1S/C25H30F3N5O/c1-5-18-10-6-9-17(2)23(18)31-22-16-21(30-24(32-22)29-13-8-14-33(3)4)19-11-7-12-20(15-19)34-25(26,27)28/h6-7,9-12,15-16H,5,8,13-14H2,1-4H3,(H2,29,30,31,32). The fraction of sp³-hybridized carbons (Fsp3) is 0.360. The summed E-state index contributed by atoms with van der Waals surface area (Å²) in [5, 5.41) is 6.63. The van der Waals surface area contributed by atoms with Crippen LogP contribution in [0.25, 0.3) is 11.3 Å². The van der Waals surface area contributed by atoms with E-state index in [1.54, 1.807) is 12.1 Å². The molecule has 0 saturated carbocycles. The zero-order chi connectivity index (χ0) is 24.7. The molecule has 1 heterocycles. The maximum absolute atomic E-state index is 12.7. The molecule has 0 aliphatic carbocycles. The molecule has 6 nitrogen and oxygen atoms in total. The molecule has 1 aromatic heterocycles. The van der Waals surface area contributed by atoms with Crippen LogP contribution in [0.1, 0.15) is 24.5 Å². The fourth-order valence-electron chi connectivity index (χ4n) is 3.52. The molecule has 0 saturated heterocycles. The van der Waals surface area contributed by atoms with E-state index in [-0.39, 0.29) is 5.75 Å². The van der Waals surface area contributed by atoms with E-state index in [0.717, 1.165) is 36.2 Å². The van der Waals surface area contributed by atoms with E-state index >= 15 is 0 Å². The second-order valence-corrected chi connectivity index (χ2v) is 8.21. The van der Waals surface area contributed by atoms with Crippen molar-refractivity contribution in [2.45, 2.75) is 33.1 Å². The lowest BCUT2D eigenvalue weighted by Gasteiger charge is -2.16. The van der Waals surface area contributed by atoms with Crippen LogP contribution >= 0.6 is 0 Å². The first kappa shape index (κ1) is 25.3. The van der Waals surface area contributed by atoms with Crippen molar-refractivity contribution in [3.8, 4) is 17.0 Å². The topological polar surface area (TPSA) is 62.3 Å². The van der Waals surface area contributed by atoms with Gasteiger partial charge in [-0.2, -0.15) is 4.98 Å². The lowest BCUT2D eigenvalue weighted by molar-refractivity contribution is -0.274. The van der Waals surface area contributed by atoms with Crippen molar-refractivity contribution in [2.75, 3.05) is 37.8 Å². The van der Waals surface area contributed by atoms with Gasteiger partial charge in [0.15, 0.2) is 0 Å². The monoisotopic (exact) mass is 473 g/mol. The highest BCUT2D eigenvalue weighted by molar-refractivity contribution is 5.71. The Bertz CT molecular complexity index is 1100. The molecule has 2 N–H and O–H groups in total. The first-order chi connectivity index (χ1) is 16.1. The summed E-state index contributed by atoms with van der Waals surface area (Å²) in [7, 11) is 4.01. The molecule has 0 atom stereocenters. The Kier molecular flexibility index (Phi) is 8.33. The van der Waals surface area contributed by atoms with Gasteiger partial charge in [0.2, 0.25) is 5.95 Å². The maximum atomic E-state index is 12.7. The van der Waals surface area contributed by atoms with Gasteiger partial charge in [0.1, 0.15) is 11.6 Å². The van der Waals surface area contributed by atoms with Gasteiger partial charge in [0, 0.05) is 23.9 Å². The van der Waals surface area contributed by atoms with Gasteiger partial charge in [-0.1, -0.05) is 37.3 Å². The average Bonchev–Trinajstić information content (AvgIpc) is 2.77. The number of para-hydroxylation sites is 1. The number of ether oxygens (including phenoxy) is 1. The molecule has 0 amide bonds. The molecule has 3 rings (SSSR count). The third kappa shape index (κ3) is 7.34. The average molecular weight is 474 g/mol. The predicted molar refractivity (Wildman–Crippen MR) is 130 cm³/mol. The number of hydrogen-bond acceptors (Lipinski definition) is 6. The molecule has 0 unspecified atom stereocenters. The quantitative estimate of drug-likeness (QED) is 0.351. The summed E-state index contributed by atoms with van der Waals surface area (Å²) in [5.74, 6) is 0.643. The van der Waals surface area contributed by atoms with Crippen LogP contribution in [-0.2, 0) is 6.42 Å². The van der Waals surface area contributed by atoms with Gasteiger partial charge in [0.25, 0.3) is 0 Å². The first-order valence-corrected chi connectivity index (χ1v) is 11.1. The van der Waals surface area contributed by atoms with Gasteiger partial charge in [0.05, 0.1) is 5.69 Å². The number of nitrogens with zero attached hydrogens (tertiary/aromatic N) is 3. The number of halogens is 3. The molecule has 34 heavy (non-hydrogen) atoms. The van der Waals surface area contributed by atoms with E-state index in [4.69, 9.17) is 0 Å². The van der Waals surface area contributed by atoms with Crippen molar-refractivity contribution in [3.63, 3.8) is 0 Å². The summed E-state index contributed by atoms with van der Waals surface area (Å²) in [5.41, 5.74) is 4.14. The van der Waals surface area contributed by atoms with Crippen LogP contribution in [0.15, 0.2) is 48.5 Å². The van der Waals surface area contributed by atoms with Gasteiger partial charge >= 0.3 is 6.36 Å². The minimum Gasteiger partial charge on any atom is -0.406 e. The number of aryl methyl sites for hydroxylation is 2. The third-order valence-electron chi connectivity index (χ3n) is 5.15. The Morgan fingerprint density at radius 2 is 1.79 bits per heavy atom. The number of alkyl halides is 3. The zero-order valence-corrected chi connectivity index (χ0v) is 19.8. The van der Waals surface area contributed by atoms with Crippen LogP contribution in [0.4, 0.5) is 30.6 Å². The molecule has 9 heteroatoms. The molecular formula is C25H30F3N5O. The van der Waals surface area contributed by atoms with E-state index in [1.165, 1.54) is 18.2 Å². The number of rotatable bonds is 10. The van der Waals surface area contributed by atoms with Crippen molar-refractivity contribution in [1.82, 2.24) is 14.9 Å². The van der Waals surface area contributed by atoms with E-state index < -0.39 is 6.36 Å². The third-order valence-corrected chi connectivity index (χ3v) is 5.15. The van der Waals surface area contributed by atoms with Crippen molar-refractivity contribution in [1.29, 1.82) is 0 Å². The molecule has 0 aliphatic rings. The number of nitrogens with one attached hydrogen (secondary N) is 2. The Morgan fingerprint density at radius 3 is 2.50 bits per heavy atom. The Hall–Kier alpha value is -3.33. The molecule has 2 aromatic carbocycles. The van der Waals surface area contributed by atoms with E-state index in [1.807, 2.05) is 33.2 Å². The van der Waals surface area contributed by atoms with Gasteiger partial charge in [-0.05, 0) is 63.7 Å². The molecule has 0 bridgehead atoms. The van der Waals surface area contributed by atoms with Gasteiger partial charge in [-0.15, -0.1) is 13.2 Å². The Morgan fingerprint density at radius 1 is 1.03 bits per heavy atom.